The molecular formula is C34H41N5O3. The number of nitrogens with one attached hydrogen (secondary N) is 4. The fraction of sp³-hybridized carbons (Fsp3) is 0.382. The molecule has 1 saturated heterocycles. The van der Waals surface area contributed by atoms with Crippen molar-refractivity contribution < 1.29 is 14.4 Å². The van der Waals surface area contributed by atoms with Crippen LogP contribution in [0.4, 0.5) is 0 Å². The van der Waals surface area contributed by atoms with Crippen molar-refractivity contribution in [3.05, 3.63) is 107 Å². The number of benzene rings is 3. The molecule has 3 atom stereocenters. The third-order valence-corrected chi connectivity index (χ3v) is 8.05. The van der Waals surface area contributed by atoms with Crippen molar-refractivity contribution >= 4 is 17.7 Å². The van der Waals surface area contributed by atoms with Crippen molar-refractivity contribution in [3.63, 3.8) is 0 Å². The third-order valence-electron chi connectivity index (χ3n) is 8.05. The molecule has 3 amide bonds. The lowest BCUT2D eigenvalue weighted by atomic mass is 10.1. The Morgan fingerprint density at radius 2 is 1.57 bits per heavy atom. The van der Waals surface area contributed by atoms with Crippen LogP contribution in [0.5, 0.6) is 0 Å². The average Bonchev–Trinajstić information content (AvgIpc) is 3.83. The summed E-state index contributed by atoms with van der Waals surface area (Å²) in [6, 6.07) is 26.9. The summed E-state index contributed by atoms with van der Waals surface area (Å²) >= 11 is 0. The minimum Gasteiger partial charge on any atom is -0.350 e. The van der Waals surface area contributed by atoms with Gasteiger partial charge >= 0.3 is 0 Å². The van der Waals surface area contributed by atoms with Crippen LogP contribution in [0.3, 0.4) is 0 Å². The molecule has 2 aliphatic rings. The number of piperazine rings is 1. The predicted octanol–water partition coefficient (Wildman–Crippen LogP) is 3.46. The van der Waals surface area contributed by atoms with Gasteiger partial charge in [-0.15, -0.1) is 0 Å². The van der Waals surface area contributed by atoms with Gasteiger partial charge in [-0.05, 0) is 61.6 Å². The first-order valence-electron chi connectivity index (χ1n) is 15.1. The van der Waals surface area contributed by atoms with Crippen LogP contribution in [0.2, 0.25) is 0 Å². The Hall–Kier alpha value is -4.01. The maximum absolute atomic E-state index is 13.3. The summed E-state index contributed by atoms with van der Waals surface area (Å²) in [4.78, 5) is 41.3. The van der Waals surface area contributed by atoms with E-state index in [1.807, 2.05) is 36.4 Å². The van der Waals surface area contributed by atoms with E-state index in [1.165, 1.54) is 5.56 Å². The van der Waals surface area contributed by atoms with Crippen molar-refractivity contribution in [2.24, 2.45) is 0 Å². The van der Waals surface area contributed by atoms with Crippen LogP contribution in [-0.2, 0) is 11.3 Å². The highest BCUT2D eigenvalue weighted by Crippen LogP contribution is 2.40. The number of hydrogen-bond acceptors (Lipinski definition) is 5. The van der Waals surface area contributed by atoms with Gasteiger partial charge in [0.1, 0.15) is 6.04 Å². The van der Waals surface area contributed by atoms with E-state index >= 15 is 0 Å². The van der Waals surface area contributed by atoms with E-state index in [2.05, 4.69) is 45.5 Å². The summed E-state index contributed by atoms with van der Waals surface area (Å²) in [6.45, 7) is 4.06. The second-order valence-corrected chi connectivity index (χ2v) is 11.2. The van der Waals surface area contributed by atoms with Crippen LogP contribution in [-0.4, -0.2) is 67.4 Å². The molecule has 8 nitrogen and oxygen atoms in total. The van der Waals surface area contributed by atoms with Crippen molar-refractivity contribution in [1.29, 1.82) is 0 Å². The van der Waals surface area contributed by atoms with E-state index in [0.717, 1.165) is 44.5 Å². The predicted molar refractivity (Wildman–Crippen MR) is 164 cm³/mol. The van der Waals surface area contributed by atoms with Gasteiger partial charge in [0, 0.05) is 55.8 Å². The second-order valence-electron chi connectivity index (χ2n) is 11.2. The number of unbranched alkanes of at least 4 members (excludes halogenated alkanes) is 1. The topological polar surface area (TPSA) is 103 Å². The molecule has 1 unspecified atom stereocenters. The lowest BCUT2D eigenvalue weighted by molar-refractivity contribution is -0.123. The minimum atomic E-state index is -0.674. The number of carbonyl (C=O) groups is 3. The monoisotopic (exact) mass is 567 g/mol. The van der Waals surface area contributed by atoms with E-state index in [1.54, 1.807) is 29.2 Å². The Morgan fingerprint density at radius 1 is 0.857 bits per heavy atom. The van der Waals surface area contributed by atoms with E-state index in [-0.39, 0.29) is 17.7 Å². The van der Waals surface area contributed by atoms with Gasteiger partial charge in [-0.2, -0.15) is 0 Å². The van der Waals surface area contributed by atoms with Crippen LogP contribution < -0.4 is 21.3 Å². The number of rotatable bonds is 13. The molecule has 220 valence electrons. The Morgan fingerprint density at radius 3 is 2.33 bits per heavy atom. The lowest BCUT2D eigenvalue weighted by Gasteiger charge is -2.27. The van der Waals surface area contributed by atoms with E-state index in [4.69, 9.17) is 0 Å². The highest BCUT2D eigenvalue weighted by atomic mass is 16.2. The van der Waals surface area contributed by atoms with E-state index in [9.17, 15) is 14.4 Å². The summed E-state index contributed by atoms with van der Waals surface area (Å²) in [7, 11) is 0. The zero-order valence-electron chi connectivity index (χ0n) is 24.1. The zero-order chi connectivity index (χ0) is 29.1. The molecule has 5 rings (SSSR count). The fourth-order valence-corrected chi connectivity index (χ4v) is 5.51. The molecule has 1 aliphatic heterocycles. The SMILES string of the molecule is O=C(N[C@@H](CCCCN[C@@H]1CC1c1ccccc1)C(=O)NCc1ccccc1)c1cccc(C(=O)N2CCNCC2)c1. The summed E-state index contributed by atoms with van der Waals surface area (Å²) in [6.07, 6.45) is 3.38. The molecule has 42 heavy (non-hydrogen) atoms. The largest absolute Gasteiger partial charge is 0.350 e. The Kier molecular flexibility index (Phi) is 10.4. The third kappa shape index (κ3) is 8.27. The smallest absolute Gasteiger partial charge is 0.253 e. The van der Waals surface area contributed by atoms with Crippen molar-refractivity contribution in [2.45, 2.75) is 50.2 Å². The van der Waals surface area contributed by atoms with Crippen LogP contribution in [0.25, 0.3) is 0 Å². The standard InChI is InChI=1S/C34H41N5O3/c40-32(27-14-9-15-28(22-27)34(42)39-20-18-35-19-21-39)38-30(33(41)37-24-25-10-3-1-4-11-25)16-7-8-17-36-31-23-29(31)26-12-5-2-6-13-26/h1-6,9-15,22,29-31,35-36H,7-8,16-21,23-24H2,(H,37,41)(H,38,40)/t29?,30-,31+/m0/s1. The van der Waals surface area contributed by atoms with Gasteiger partial charge in [0.15, 0.2) is 0 Å². The Balaban J connectivity index is 1.15. The number of amides is 3. The molecule has 1 saturated carbocycles. The lowest BCUT2D eigenvalue weighted by Crippen LogP contribution is -2.47. The molecule has 0 spiro atoms. The van der Waals surface area contributed by atoms with E-state index in [0.29, 0.717) is 49.1 Å². The fourth-order valence-electron chi connectivity index (χ4n) is 5.51. The maximum atomic E-state index is 13.3. The molecule has 0 bridgehead atoms. The second kappa shape index (κ2) is 14.8. The molecule has 4 N–H and O–H groups in total. The number of hydrogen-bond donors (Lipinski definition) is 4. The molecule has 3 aromatic rings. The van der Waals surface area contributed by atoms with Gasteiger partial charge in [-0.3, -0.25) is 14.4 Å². The zero-order valence-corrected chi connectivity index (χ0v) is 24.1. The molecule has 2 fully saturated rings. The van der Waals surface area contributed by atoms with Crippen LogP contribution in [0.1, 0.15) is 63.4 Å². The Labute approximate surface area is 248 Å². The number of nitrogens with zero attached hydrogens (tertiary/aromatic N) is 1. The molecule has 1 heterocycles. The van der Waals surface area contributed by atoms with Gasteiger partial charge in [-0.1, -0.05) is 66.7 Å². The first-order valence-corrected chi connectivity index (χ1v) is 15.1. The van der Waals surface area contributed by atoms with Crippen molar-refractivity contribution in [3.8, 4) is 0 Å². The molecule has 0 radical (unpaired) electrons. The Bertz CT molecular complexity index is 1330. The highest BCUT2D eigenvalue weighted by Gasteiger charge is 2.37. The molecule has 0 aromatic heterocycles. The summed E-state index contributed by atoms with van der Waals surface area (Å²) in [5, 5.41) is 12.8. The van der Waals surface area contributed by atoms with Gasteiger partial charge < -0.3 is 26.2 Å². The van der Waals surface area contributed by atoms with Crippen molar-refractivity contribution in [1.82, 2.24) is 26.2 Å². The van der Waals surface area contributed by atoms with Crippen LogP contribution >= 0.6 is 0 Å². The molecule has 1 aliphatic carbocycles. The average molecular weight is 568 g/mol. The number of carbonyl (C=O) groups excluding carboxylic acids is 3. The molecular weight excluding hydrogens is 526 g/mol. The first kappa shape index (κ1) is 29.5. The van der Waals surface area contributed by atoms with Crippen LogP contribution in [0, 0.1) is 0 Å². The molecule has 3 aromatic carbocycles. The highest BCUT2D eigenvalue weighted by molar-refractivity contribution is 6.01. The van der Waals surface area contributed by atoms with Gasteiger partial charge in [0.05, 0.1) is 0 Å². The summed E-state index contributed by atoms with van der Waals surface area (Å²) < 4.78 is 0. The first-order chi connectivity index (χ1) is 20.6. The normalized spacial score (nSPS) is 18.6. The molecule has 8 heteroatoms. The van der Waals surface area contributed by atoms with Gasteiger partial charge in [0.2, 0.25) is 5.91 Å². The minimum absolute atomic E-state index is 0.0824. The maximum Gasteiger partial charge on any atom is 0.253 e. The van der Waals surface area contributed by atoms with Crippen LogP contribution in [0.15, 0.2) is 84.9 Å². The summed E-state index contributed by atoms with van der Waals surface area (Å²) in [5.74, 6) is -0.0663. The van der Waals surface area contributed by atoms with E-state index < -0.39 is 6.04 Å². The quantitative estimate of drug-likeness (QED) is 0.237. The summed E-state index contributed by atoms with van der Waals surface area (Å²) in [5.41, 5.74) is 3.23. The van der Waals surface area contributed by atoms with Gasteiger partial charge in [-0.25, -0.2) is 0 Å². The van der Waals surface area contributed by atoms with Gasteiger partial charge in [0.25, 0.3) is 11.8 Å². The van der Waals surface area contributed by atoms with Crippen molar-refractivity contribution in [2.75, 3.05) is 32.7 Å².